The molecule has 3 N–H and O–H groups in total. The largest absolute Gasteiger partial charge is 0.354 e. The van der Waals surface area contributed by atoms with Crippen LogP contribution in [0.3, 0.4) is 0 Å². The normalized spacial score (nSPS) is 18.9. The Morgan fingerprint density at radius 3 is 2.68 bits per heavy atom. The molecule has 0 aliphatic carbocycles. The zero-order valence-electron chi connectivity index (χ0n) is 13.0. The molecule has 2 atom stereocenters. The molecule has 1 aromatic carbocycles. The number of carbonyl (C=O) groups is 1. The summed E-state index contributed by atoms with van der Waals surface area (Å²) in [4.78, 5) is 13.9. The van der Waals surface area contributed by atoms with Crippen molar-refractivity contribution in [3.63, 3.8) is 0 Å². The molecule has 0 bridgehead atoms. The fourth-order valence-corrected chi connectivity index (χ4v) is 2.62. The van der Waals surface area contributed by atoms with Gasteiger partial charge in [-0.05, 0) is 37.8 Å². The summed E-state index contributed by atoms with van der Waals surface area (Å²) in [5.74, 6) is 0.515. The van der Waals surface area contributed by atoms with Crippen molar-refractivity contribution in [3.8, 4) is 0 Å². The molecule has 126 valence electrons. The Bertz CT molecular complexity index is 429. The number of amides is 1. The SMILES string of the molecule is C[C@@H](N)C(=O)NCC1CCN(CCc2ccccc2)C1.Cl.Cl. The molecule has 6 heteroatoms. The number of nitrogens with one attached hydrogen (secondary N) is 1. The van der Waals surface area contributed by atoms with E-state index in [1.54, 1.807) is 6.92 Å². The van der Waals surface area contributed by atoms with Crippen molar-refractivity contribution in [2.75, 3.05) is 26.2 Å². The van der Waals surface area contributed by atoms with E-state index < -0.39 is 6.04 Å². The lowest BCUT2D eigenvalue weighted by Gasteiger charge is -2.16. The van der Waals surface area contributed by atoms with Crippen molar-refractivity contribution < 1.29 is 4.79 Å². The van der Waals surface area contributed by atoms with Crippen LogP contribution >= 0.6 is 24.8 Å². The van der Waals surface area contributed by atoms with Crippen LogP contribution in [-0.4, -0.2) is 43.0 Å². The highest BCUT2D eigenvalue weighted by Gasteiger charge is 2.22. The van der Waals surface area contributed by atoms with Crippen molar-refractivity contribution in [1.29, 1.82) is 0 Å². The van der Waals surface area contributed by atoms with Crippen LogP contribution in [0.15, 0.2) is 30.3 Å². The van der Waals surface area contributed by atoms with E-state index in [-0.39, 0.29) is 30.7 Å². The summed E-state index contributed by atoms with van der Waals surface area (Å²) in [6.45, 7) is 5.78. The quantitative estimate of drug-likeness (QED) is 0.825. The van der Waals surface area contributed by atoms with Gasteiger partial charge in [0.15, 0.2) is 0 Å². The van der Waals surface area contributed by atoms with E-state index in [0.29, 0.717) is 5.92 Å². The van der Waals surface area contributed by atoms with Gasteiger partial charge in [-0.3, -0.25) is 4.79 Å². The minimum absolute atomic E-state index is 0. The van der Waals surface area contributed by atoms with Crippen molar-refractivity contribution in [2.24, 2.45) is 11.7 Å². The van der Waals surface area contributed by atoms with Gasteiger partial charge in [-0.15, -0.1) is 24.8 Å². The summed E-state index contributed by atoms with van der Waals surface area (Å²) in [6, 6.07) is 10.2. The van der Waals surface area contributed by atoms with Gasteiger partial charge in [-0.1, -0.05) is 30.3 Å². The molecule has 0 spiro atoms. The van der Waals surface area contributed by atoms with Crippen LogP contribution in [-0.2, 0) is 11.2 Å². The third-order valence-corrected chi connectivity index (χ3v) is 3.91. The zero-order chi connectivity index (χ0) is 14.4. The monoisotopic (exact) mass is 347 g/mol. The van der Waals surface area contributed by atoms with E-state index in [1.807, 2.05) is 0 Å². The molecule has 0 aromatic heterocycles. The number of rotatable bonds is 6. The van der Waals surface area contributed by atoms with Gasteiger partial charge in [-0.2, -0.15) is 0 Å². The third-order valence-electron chi connectivity index (χ3n) is 3.91. The Labute approximate surface area is 145 Å². The zero-order valence-corrected chi connectivity index (χ0v) is 14.7. The molecule has 0 saturated carbocycles. The van der Waals surface area contributed by atoms with Gasteiger partial charge in [0.1, 0.15) is 0 Å². The van der Waals surface area contributed by atoms with Gasteiger partial charge in [0, 0.05) is 19.6 Å². The van der Waals surface area contributed by atoms with Crippen LogP contribution in [0.1, 0.15) is 18.9 Å². The highest BCUT2D eigenvalue weighted by molar-refractivity contribution is 5.85. The van der Waals surface area contributed by atoms with Gasteiger partial charge in [0.25, 0.3) is 0 Å². The predicted octanol–water partition coefficient (Wildman–Crippen LogP) is 1.86. The van der Waals surface area contributed by atoms with Gasteiger partial charge in [0.2, 0.25) is 5.91 Å². The number of hydrogen-bond acceptors (Lipinski definition) is 3. The molecule has 1 heterocycles. The first-order valence-electron chi connectivity index (χ1n) is 7.44. The molecule has 4 nitrogen and oxygen atoms in total. The number of carbonyl (C=O) groups excluding carboxylic acids is 1. The molecule has 1 fully saturated rings. The molecule has 1 aliphatic heterocycles. The maximum atomic E-state index is 11.4. The summed E-state index contributed by atoms with van der Waals surface area (Å²) >= 11 is 0. The Morgan fingerprint density at radius 1 is 1.36 bits per heavy atom. The van der Waals surface area contributed by atoms with Gasteiger partial charge >= 0.3 is 0 Å². The van der Waals surface area contributed by atoms with E-state index >= 15 is 0 Å². The molecule has 1 aromatic rings. The van der Waals surface area contributed by atoms with Crippen LogP contribution in [0.5, 0.6) is 0 Å². The average Bonchev–Trinajstić information content (AvgIpc) is 2.91. The molecule has 0 radical (unpaired) electrons. The van der Waals surface area contributed by atoms with Crippen LogP contribution in [0.4, 0.5) is 0 Å². The predicted molar refractivity (Wildman–Crippen MR) is 95.8 cm³/mol. The second-order valence-corrected chi connectivity index (χ2v) is 5.72. The van der Waals surface area contributed by atoms with Crippen molar-refractivity contribution >= 4 is 30.7 Å². The van der Waals surface area contributed by atoms with Gasteiger partial charge in [0.05, 0.1) is 6.04 Å². The van der Waals surface area contributed by atoms with E-state index in [2.05, 4.69) is 40.5 Å². The highest BCUT2D eigenvalue weighted by atomic mass is 35.5. The summed E-state index contributed by atoms with van der Waals surface area (Å²) in [6.07, 6.45) is 2.26. The maximum absolute atomic E-state index is 11.4. The molecule has 1 aliphatic rings. The van der Waals surface area contributed by atoms with Crippen molar-refractivity contribution in [1.82, 2.24) is 10.2 Å². The molecular weight excluding hydrogens is 321 g/mol. The van der Waals surface area contributed by atoms with Crippen LogP contribution in [0.2, 0.25) is 0 Å². The lowest BCUT2D eigenvalue weighted by molar-refractivity contribution is -0.122. The summed E-state index contributed by atoms with van der Waals surface area (Å²) in [7, 11) is 0. The molecule has 2 rings (SSSR count). The van der Waals surface area contributed by atoms with Gasteiger partial charge < -0.3 is 16.0 Å². The lowest BCUT2D eigenvalue weighted by Crippen LogP contribution is -2.40. The van der Waals surface area contributed by atoms with E-state index in [0.717, 1.165) is 39.0 Å². The molecule has 1 unspecified atom stereocenters. The first-order chi connectivity index (χ1) is 9.65. The second kappa shape index (κ2) is 10.8. The highest BCUT2D eigenvalue weighted by Crippen LogP contribution is 2.15. The molecule has 1 amide bonds. The Balaban J connectivity index is 0.00000220. The van der Waals surface area contributed by atoms with Crippen LogP contribution in [0.25, 0.3) is 0 Å². The Morgan fingerprint density at radius 2 is 2.05 bits per heavy atom. The number of nitrogens with zero attached hydrogens (tertiary/aromatic N) is 1. The van der Waals surface area contributed by atoms with E-state index in [9.17, 15) is 4.79 Å². The summed E-state index contributed by atoms with van der Waals surface area (Å²) in [5.41, 5.74) is 6.93. The fraction of sp³-hybridized carbons (Fsp3) is 0.562. The van der Waals surface area contributed by atoms with E-state index in [4.69, 9.17) is 5.73 Å². The third kappa shape index (κ3) is 6.97. The molecule has 1 saturated heterocycles. The number of benzene rings is 1. The van der Waals surface area contributed by atoms with Crippen molar-refractivity contribution in [3.05, 3.63) is 35.9 Å². The lowest BCUT2D eigenvalue weighted by atomic mass is 10.1. The minimum atomic E-state index is -0.411. The maximum Gasteiger partial charge on any atom is 0.236 e. The minimum Gasteiger partial charge on any atom is -0.354 e. The fourth-order valence-electron chi connectivity index (χ4n) is 2.62. The smallest absolute Gasteiger partial charge is 0.236 e. The first-order valence-corrected chi connectivity index (χ1v) is 7.44. The molecular formula is C16H27Cl2N3O. The molecule has 22 heavy (non-hydrogen) atoms. The van der Waals surface area contributed by atoms with Crippen LogP contribution in [0, 0.1) is 5.92 Å². The van der Waals surface area contributed by atoms with Crippen LogP contribution < -0.4 is 11.1 Å². The topological polar surface area (TPSA) is 58.4 Å². The summed E-state index contributed by atoms with van der Waals surface area (Å²) < 4.78 is 0. The number of likely N-dealkylation sites (tertiary alicyclic amines) is 1. The number of hydrogen-bond donors (Lipinski definition) is 2. The average molecular weight is 348 g/mol. The Hall–Kier alpha value is -0.810. The van der Waals surface area contributed by atoms with E-state index in [1.165, 1.54) is 5.56 Å². The first kappa shape index (κ1) is 21.2. The number of halogens is 2. The summed E-state index contributed by atoms with van der Waals surface area (Å²) in [5, 5.41) is 2.93. The second-order valence-electron chi connectivity index (χ2n) is 5.72. The van der Waals surface area contributed by atoms with Crippen molar-refractivity contribution in [2.45, 2.75) is 25.8 Å². The standard InChI is InChI=1S/C16H25N3O.2ClH/c1-13(17)16(20)18-11-15-8-10-19(12-15)9-7-14-5-3-2-4-6-14;;/h2-6,13,15H,7-12,17H2,1H3,(H,18,20);2*1H/t13-,15?;;/m1../s1. The van der Waals surface area contributed by atoms with Gasteiger partial charge in [-0.25, -0.2) is 0 Å². The number of nitrogens with two attached hydrogens (primary N) is 1. The Kier molecular flexibility index (Phi) is 10.4.